The highest BCUT2D eigenvalue weighted by molar-refractivity contribution is 5.96. The molecule has 0 radical (unpaired) electrons. The number of carbonyl (C=O) groups is 3. The van der Waals surface area contributed by atoms with E-state index < -0.39 is 29.3 Å². The number of non-ortho nitro benzene ring substituents is 1. The van der Waals surface area contributed by atoms with E-state index in [0.29, 0.717) is 5.75 Å². The van der Waals surface area contributed by atoms with E-state index in [4.69, 9.17) is 9.47 Å². The highest BCUT2D eigenvalue weighted by Gasteiger charge is 2.12. The van der Waals surface area contributed by atoms with Gasteiger partial charge in [-0.15, -0.1) is 0 Å². The van der Waals surface area contributed by atoms with Crippen LogP contribution in [-0.4, -0.2) is 36.4 Å². The number of methoxy groups -OCH3 is 1. The molecule has 0 aliphatic carbocycles. The van der Waals surface area contributed by atoms with Crippen molar-refractivity contribution >= 4 is 29.5 Å². The van der Waals surface area contributed by atoms with Gasteiger partial charge in [-0.3, -0.25) is 30.6 Å². The van der Waals surface area contributed by atoms with Crippen molar-refractivity contribution in [1.82, 2.24) is 10.9 Å². The van der Waals surface area contributed by atoms with Crippen molar-refractivity contribution in [3.05, 3.63) is 75.8 Å². The van der Waals surface area contributed by atoms with Crippen molar-refractivity contribution in [3.63, 3.8) is 0 Å². The van der Waals surface area contributed by atoms with Crippen molar-refractivity contribution in [2.75, 3.05) is 13.7 Å². The van der Waals surface area contributed by atoms with Crippen LogP contribution in [0.3, 0.4) is 0 Å². The monoisotopic (exact) mass is 399 g/mol. The summed E-state index contributed by atoms with van der Waals surface area (Å²) < 4.78 is 9.78. The Morgan fingerprint density at radius 3 is 2.48 bits per heavy atom. The standard InChI is InChI=1S/C19H17N3O7/c1-28-16-8-5-13(6-9-16)7-10-18(24)29-12-17(23)20-21-19(25)14-3-2-4-15(11-14)22(26)27/h2-11H,12H2,1H3,(H,20,23)(H,21,25)/b10-7+. The van der Waals surface area contributed by atoms with Crippen LogP contribution in [0.25, 0.3) is 6.08 Å². The molecule has 150 valence electrons. The van der Waals surface area contributed by atoms with Crippen LogP contribution in [0.5, 0.6) is 5.75 Å². The molecule has 2 aromatic rings. The highest BCUT2D eigenvalue weighted by atomic mass is 16.6. The number of nitro benzene ring substituents is 1. The molecule has 2 aromatic carbocycles. The zero-order chi connectivity index (χ0) is 21.2. The first-order chi connectivity index (χ1) is 13.9. The molecular weight excluding hydrogens is 382 g/mol. The number of hydrogen-bond acceptors (Lipinski definition) is 7. The molecule has 29 heavy (non-hydrogen) atoms. The number of nitro groups is 1. The molecule has 0 spiro atoms. The lowest BCUT2D eigenvalue weighted by Crippen LogP contribution is -2.43. The Hall–Kier alpha value is -4.21. The van der Waals surface area contributed by atoms with E-state index in [-0.39, 0.29) is 11.3 Å². The lowest BCUT2D eigenvalue weighted by Gasteiger charge is -2.07. The van der Waals surface area contributed by atoms with Gasteiger partial charge in [0.25, 0.3) is 17.5 Å². The van der Waals surface area contributed by atoms with E-state index in [1.165, 1.54) is 24.3 Å². The molecule has 0 fully saturated rings. The Balaban J connectivity index is 1.76. The molecule has 0 saturated carbocycles. The Kier molecular flexibility index (Phi) is 7.43. The second kappa shape index (κ2) is 10.2. The van der Waals surface area contributed by atoms with Crippen molar-refractivity contribution in [3.8, 4) is 5.75 Å². The molecule has 0 aliphatic rings. The lowest BCUT2D eigenvalue weighted by atomic mass is 10.2. The number of rotatable bonds is 7. The zero-order valence-electron chi connectivity index (χ0n) is 15.3. The molecule has 10 nitrogen and oxygen atoms in total. The van der Waals surface area contributed by atoms with Gasteiger partial charge in [0.1, 0.15) is 5.75 Å². The second-order valence-electron chi connectivity index (χ2n) is 5.52. The molecule has 0 aliphatic heterocycles. The largest absolute Gasteiger partial charge is 0.497 e. The summed E-state index contributed by atoms with van der Waals surface area (Å²) in [4.78, 5) is 45.2. The fourth-order valence-corrected chi connectivity index (χ4v) is 2.06. The third kappa shape index (κ3) is 6.79. The molecule has 0 unspecified atom stereocenters. The van der Waals surface area contributed by atoms with Gasteiger partial charge in [0, 0.05) is 23.8 Å². The van der Waals surface area contributed by atoms with E-state index in [2.05, 4.69) is 5.43 Å². The summed E-state index contributed by atoms with van der Waals surface area (Å²) >= 11 is 0. The van der Waals surface area contributed by atoms with Crippen LogP contribution in [-0.2, 0) is 14.3 Å². The van der Waals surface area contributed by atoms with Crippen molar-refractivity contribution in [2.24, 2.45) is 0 Å². The Morgan fingerprint density at radius 2 is 1.83 bits per heavy atom. The average Bonchev–Trinajstić information content (AvgIpc) is 2.74. The molecule has 0 heterocycles. The number of benzene rings is 2. The Labute approximate surface area is 165 Å². The van der Waals surface area contributed by atoms with Crippen molar-refractivity contribution in [1.29, 1.82) is 0 Å². The fourth-order valence-electron chi connectivity index (χ4n) is 2.06. The maximum atomic E-state index is 11.9. The third-order valence-corrected chi connectivity index (χ3v) is 3.51. The second-order valence-corrected chi connectivity index (χ2v) is 5.52. The SMILES string of the molecule is COc1ccc(/C=C/C(=O)OCC(=O)NNC(=O)c2cccc([N+](=O)[O-])c2)cc1. The summed E-state index contributed by atoms with van der Waals surface area (Å²) in [6.45, 7) is -0.624. The minimum Gasteiger partial charge on any atom is -0.497 e. The smallest absolute Gasteiger partial charge is 0.331 e. The number of amides is 2. The van der Waals surface area contributed by atoms with Gasteiger partial charge in [-0.2, -0.15) is 0 Å². The fraction of sp³-hybridized carbons (Fsp3) is 0.105. The highest BCUT2D eigenvalue weighted by Crippen LogP contribution is 2.13. The summed E-state index contributed by atoms with van der Waals surface area (Å²) in [5, 5.41) is 10.7. The van der Waals surface area contributed by atoms with E-state index in [9.17, 15) is 24.5 Å². The van der Waals surface area contributed by atoms with E-state index in [1.54, 1.807) is 31.4 Å². The van der Waals surface area contributed by atoms with E-state index in [0.717, 1.165) is 17.7 Å². The number of nitrogens with zero attached hydrogens (tertiary/aromatic N) is 1. The van der Waals surface area contributed by atoms with Crippen molar-refractivity contribution in [2.45, 2.75) is 0 Å². The number of ether oxygens (including phenoxy) is 2. The first-order valence-electron chi connectivity index (χ1n) is 8.21. The minimum atomic E-state index is -0.782. The number of hydrazine groups is 1. The van der Waals surface area contributed by atoms with Crippen LogP contribution >= 0.6 is 0 Å². The number of nitrogens with one attached hydrogen (secondary N) is 2. The van der Waals surface area contributed by atoms with E-state index >= 15 is 0 Å². The summed E-state index contributed by atoms with van der Waals surface area (Å²) in [7, 11) is 1.54. The quantitative estimate of drug-likeness (QED) is 0.312. The van der Waals surface area contributed by atoms with E-state index in [1.807, 2.05) is 5.43 Å². The molecule has 10 heteroatoms. The maximum Gasteiger partial charge on any atom is 0.331 e. The number of hydrogen-bond donors (Lipinski definition) is 2. The van der Waals surface area contributed by atoms with Gasteiger partial charge in [0.15, 0.2) is 6.61 Å². The minimum absolute atomic E-state index is 0.0149. The van der Waals surface area contributed by atoms with Gasteiger partial charge in [-0.05, 0) is 29.8 Å². The first kappa shape index (κ1) is 21.1. The average molecular weight is 399 g/mol. The topological polar surface area (TPSA) is 137 Å². The van der Waals surface area contributed by atoms with Gasteiger partial charge in [-0.1, -0.05) is 18.2 Å². The molecule has 0 atom stereocenters. The molecule has 2 N–H and O–H groups in total. The number of esters is 1. The normalized spacial score (nSPS) is 10.2. The molecular formula is C19H17N3O7. The summed E-state index contributed by atoms with van der Waals surface area (Å²) in [6, 6.07) is 11.9. The summed E-state index contributed by atoms with van der Waals surface area (Å²) in [6.07, 6.45) is 2.65. The lowest BCUT2D eigenvalue weighted by molar-refractivity contribution is -0.384. The van der Waals surface area contributed by atoms with Gasteiger partial charge in [0.2, 0.25) is 0 Å². The Morgan fingerprint density at radius 1 is 1.10 bits per heavy atom. The van der Waals surface area contributed by atoms with Gasteiger partial charge >= 0.3 is 5.97 Å². The van der Waals surface area contributed by atoms with Crippen molar-refractivity contribution < 1.29 is 28.8 Å². The van der Waals surface area contributed by atoms with Crippen LogP contribution in [0.2, 0.25) is 0 Å². The predicted molar refractivity (Wildman–Crippen MR) is 102 cm³/mol. The third-order valence-electron chi connectivity index (χ3n) is 3.51. The molecule has 2 rings (SSSR count). The van der Waals surface area contributed by atoms with Crippen LogP contribution in [0, 0.1) is 10.1 Å². The van der Waals surface area contributed by atoms with Crippen LogP contribution in [0.4, 0.5) is 5.69 Å². The number of carbonyl (C=O) groups excluding carboxylic acids is 3. The molecule has 2 amide bonds. The predicted octanol–water partition coefficient (Wildman–Crippen LogP) is 1.62. The van der Waals surface area contributed by atoms with Gasteiger partial charge < -0.3 is 9.47 Å². The van der Waals surface area contributed by atoms with Gasteiger partial charge in [0.05, 0.1) is 12.0 Å². The van der Waals surface area contributed by atoms with Crippen LogP contribution in [0.1, 0.15) is 15.9 Å². The van der Waals surface area contributed by atoms with Crippen LogP contribution < -0.4 is 15.6 Å². The molecule has 0 bridgehead atoms. The van der Waals surface area contributed by atoms with Crippen LogP contribution in [0.15, 0.2) is 54.6 Å². The molecule has 0 saturated heterocycles. The first-order valence-corrected chi connectivity index (χ1v) is 8.21. The summed E-state index contributed by atoms with van der Waals surface area (Å²) in [5.74, 6) is -1.61. The van der Waals surface area contributed by atoms with Gasteiger partial charge in [-0.25, -0.2) is 4.79 Å². The summed E-state index contributed by atoms with van der Waals surface area (Å²) in [5.41, 5.74) is 4.58. The molecule has 0 aromatic heterocycles. The zero-order valence-corrected chi connectivity index (χ0v) is 15.3. The maximum absolute atomic E-state index is 11.9. The Bertz CT molecular complexity index is 939.